The molecule has 2 amide bonds. The molecule has 0 fully saturated rings. The van der Waals surface area contributed by atoms with Crippen molar-refractivity contribution in [2.45, 2.75) is 65.4 Å². The van der Waals surface area contributed by atoms with E-state index in [1.807, 2.05) is 5.32 Å². The molecule has 27 heavy (non-hydrogen) atoms. The normalized spacial score (nSPS) is 15.0. The monoisotopic (exact) mass is 392 g/mol. The molecule has 0 aliphatic rings. The maximum absolute atomic E-state index is 13.3. The van der Waals surface area contributed by atoms with Crippen molar-refractivity contribution in [2.24, 2.45) is 12.5 Å². The first-order valence-corrected chi connectivity index (χ1v) is 8.37. The van der Waals surface area contributed by atoms with E-state index < -0.39 is 41.3 Å². The van der Waals surface area contributed by atoms with Crippen LogP contribution >= 0.6 is 0 Å². The maximum Gasteiger partial charge on any atom is 0.409 e. The summed E-state index contributed by atoms with van der Waals surface area (Å²) in [6.45, 7) is 9.01. The Labute approximate surface area is 156 Å². The van der Waals surface area contributed by atoms with Crippen molar-refractivity contribution in [3.05, 3.63) is 18.0 Å². The molecule has 1 heterocycles. The number of aryl methyl sites for hydroxylation is 1. The van der Waals surface area contributed by atoms with Gasteiger partial charge >= 0.3 is 18.2 Å². The highest BCUT2D eigenvalue weighted by molar-refractivity contribution is 5.84. The van der Waals surface area contributed by atoms with Gasteiger partial charge in [0.25, 0.3) is 0 Å². The van der Waals surface area contributed by atoms with E-state index in [0.717, 1.165) is 0 Å². The zero-order valence-corrected chi connectivity index (χ0v) is 16.6. The molecular formula is C17H27F3N4O3. The largest absolute Gasteiger partial charge is 0.458 e. The first-order valence-electron chi connectivity index (χ1n) is 8.37. The molecule has 0 spiro atoms. The Balaban J connectivity index is 3.06. The Bertz CT molecular complexity index is 658. The van der Waals surface area contributed by atoms with Crippen LogP contribution in [0, 0.1) is 5.41 Å². The van der Waals surface area contributed by atoms with Crippen molar-refractivity contribution in [3.8, 4) is 0 Å². The van der Waals surface area contributed by atoms with E-state index in [-0.39, 0.29) is 5.69 Å². The molecule has 0 bridgehead atoms. The fourth-order valence-electron chi connectivity index (χ4n) is 2.37. The highest BCUT2D eigenvalue weighted by Gasteiger charge is 2.48. The molecule has 1 aromatic rings. The van der Waals surface area contributed by atoms with Crippen LogP contribution in [0.25, 0.3) is 0 Å². The van der Waals surface area contributed by atoms with E-state index >= 15 is 0 Å². The highest BCUT2D eigenvalue weighted by Crippen LogP contribution is 2.33. The summed E-state index contributed by atoms with van der Waals surface area (Å²) in [5.74, 6) is -0.805. The number of alkyl halides is 3. The zero-order valence-electron chi connectivity index (χ0n) is 16.6. The molecule has 0 aliphatic carbocycles. The van der Waals surface area contributed by atoms with Gasteiger partial charge in [-0.15, -0.1) is 0 Å². The number of esters is 1. The number of nitrogens with zero attached hydrogens (tertiary/aromatic N) is 2. The lowest BCUT2D eigenvalue weighted by Gasteiger charge is -2.33. The van der Waals surface area contributed by atoms with Crippen LogP contribution in [0.15, 0.2) is 12.3 Å². The summed E-state index contributed by atoms with van der Waals surface area (Å²) >= 11 is 0. The third-order valence-corrected chi connectivity index (χ3v) is 3.54. The molecule has 0 aliphatic heterocycles. The number of nitrogens with one attached hydrogen (secondary N) is 2. The molecule has 2 atom stereocenters. The van der Waals surface area contributed by atoms with Crippen molar-refractivity contribution >= 4 is 12.0 Å². The predicted octanol–water partition coefficient (Wildman–Crippen LogP) is 3.08. The lowest BCUT2D eigenvalue weighted by Crippen LogP contribution is -2.56. The van der Waals surface area contributed by atoms with Crippen molar-refractivity contribution in [1.29, 1.82) is 0 Å². The summed E-state index contributed by atoms with van der Waals surface area (Å²) in [6, 6.07) is -3.08. The minimum absolute atomic E-state index is 0.277. The average molecular weight is 392 g/mol. The average Bonchev–Trinajstić information content (AvgIpc) is 2.83. The van der Waals surface area contributed by atoms with Crippen LogP contribution in [0.1, 0.15) is 53.3 Å². The number of rotatable bonds is 4. The van der Waals surface area contributed by atoms with Crippen LogP contribution in [-0.2, 0) is 16.6 Å². The van der Waals surface area contributed by atoms with Crippen molar-refractivity contribution in [3.63, 3.8) is 0 Å². The number of urea groups is 1. The zero-order chi connectivity index (χ0) is 21.2. The van der Waals surface area contributed by atoms with E-state index in [4.69, 9.17) is 4.74 Å². The molecule has 1 rings (SSSR count). The van der Waals surface area contributed by atoms with Crippen LogP contribution in [0.4, 0.5) is 18.0 Å². The van der Waals surface area contributed by atoms with Crippen LogP contribution in [0.3, 0.4) is 0 Å². The third kappa shape index (κ3) is 6.76. The fraction of sp³-hybridized carbons (Fsp3) is 0.706. The number of amides is 2. The lowest BCUT2D eigenvalue weighted by molar-refractivity contribution is -0.174. The maximum atomic E-state index is 13.3. The molecule has 0 saturated carbocycles. The standard InChI is InChI=1S/C17H27F3N4O3/c1-15(2,3)13(17(18,19)20)23-14(26)22-11(10-8-9-21-24(10)7)12(25)27-16(4,5)6/h8-9,11,13H,1-7H3,(H2,22,23,26). The summed E-state index contributed by atoms with van der Waals surface area (Å²) in [5, 5.41) is 8.11. The number of hydrogen-bond acceptors (Lipinski definition) is 4. The molecule has 0 aromatic carbocycles. The molecule has 2 N–H and O–H groups in total. The topological polar surface area (TPSA) is 85.3 Å². The van der Waals surface area contributed by atoms with Gasteiger partial charge in [-0.1, -0.05) is 20.8 Å². The molecule has 10 heteroatoms. The van der Waals surface area contributed by atoms with Gasteiger partial charge in [0, 0.05) is 13.2 Å². The second-order valence-electron chi connectivity index (χ2n) is 8.30. The molecule has 0 radical (unpaired) electrons. The third-order valence-electron chi connectivity index (χ3n) is 3.54. The molecule has 1 aromatic heterocycles. The van der Waals surface area contributed by atoms with Gasteiger partial charge in [0.2, 0.25) is 0 Å². The summed E-state index contributed by atoms with van der Waals surface area (Å²) in [7, 11) is 1.54. The molecule has 2 unspecified atom stereocenters. The molecule has 0 saturated heterocycles. The Morgan fingerprint density at radius 3 is 2.04 bits per heavy atom. The minimum atomic E-state index is -4.65. The first-order chi connectivity index (χ1) is 12.0. The Kier molecular flexibility index (Phi) is 6.56. The van der Waals surface area contributed by atoms with Gasteiger partial charge in [-0.2, -0.15) is 18.3 Å². The summed E-state index contributed by atoms with van der Waals surface area (Å²) in [4.78, 5) is 24.8. The molecule has 154 valence electrons. The summed E-state index contributed by atoms with van der Waals surface area (Å²) in [5.41, 5.74) is -1.84. The van der Waals surface area contributed by atoms with E-state index in [9.17, 15) is 22.8 Å². The second-order valence-corrected chi connectivity index (χ2v) is 8.30. The Hall–Kier alpha value is -2.26. The number of hydrogen-bond donors (Lipinski definition) is 2. The lowest BCUT2D eigenvalue weighted by atomic mass is 9.86. The van der Waals surface area contributed by atoms with Crippen LogP contribution in [0.2, 0.25) is 0 Å². The number of carbonyl (C=O) groups is 2. The minimum Gasteiger partial charge on any atom is -0.458 e. The predicted molar refractivity (Wildman–Crippen MR) is 92.8 cm³/mol. The summed E-state index contributed by atoms with van der Waals surface area (Å²) < 4.78 is 46.5. The van der Waals surface area contributed by atoms with Crippen LogP contribution in [0.5, 0.6) is 0 Å². The van der Waals surface area contributed by atoms with E-state index in [1.165, 1.54) is 37.7 Å². The SMILES string of the molecule is Cn1nccc1C(NC(=O)NC(C(C)(C)C)C(F)(F)F)C(=O)OC(C)(C)C. The Morgan fingerprint density at radius 1 is 1.11 bits per heavy atom. The van der Waals surface area contributed by atoms with Gasteiger partial charge < -0.3 is 15.4 Å². The molecular weight excluding hydrogens is 365 g/mol. The number of ether oxygens (including phenoxy) is 1. The number of halogens is 3. The number of aromatic nitrogens is 2. The van der Waals surface area contributed by atoms with Gasteiger partial charge in [-0.25, -0.2) is 9.59 Å². The summed E-state index contributed by atoms with van der Waals surface area (Å²) in [6.07, 6.45) is -3.25. The van der Waals surface area contributed by atoms with Crippen molar-refractivity contribution in [1.82, 2.24) is 20.4 Å². The van der Waals surface area contributed by atoms with E-state index in [0.29, 0.717) is 0 Å². The van der Waals surface area contributed by atoms with Crippen LogP contribution < -0.4 is 10.6 Å². The van der Waals surface area contributed by atoms with Gasteiger partial charge in [0.05, 0.1) is 5.69 Å². The molecule has 7 nitrogen and oxygen atoms in total. The van der Waals surface area contributed by atoms with Gasteiger partial charge in [-0.05, 0) is 32.3 Å². The van der Waals surface area contributed by atoms with Gasteiger partial charge in [0.15, 0.2) is 6.04 Å². The fourth-order valence-corrected chi connectivity index (χ4v) is 2.37. The van der Waals surface area contributed by atoms with E-state index in [1.54, 1.807) is 27.8 Å². The smallest absolute Gasteiger partial charge is 0.409 e. The van der Waals surface area contributed by atoms with E-state index in [2.05, 4.69) is 10.4 Å². The second kappa shape index (κ2) is 7.77. The first kappa shape index (κ1) is 22.8. The van der Waals surface area contributed by atoms with Gasteiger partial charge in [-0.3, -0.25) is 4.68 Å². The van der Waals surface area contributed by atoms with Crippen LogP contribution in [-0.4, -0.2) is 39.6 Å². The Morgan fingerprint density at radius 2 is 1.67 bits per heavy atom. The van der Waals surface area contributed by atoms with Gasteiger partial charge in [0.1, 0.15) is 11.6 Å². The van der Waals surface area contributed by atoms with Crippen molar-refractivity contribution < 1.29 is 27.5 Å². The highest BCUT2D eigenvalue weighted by atomic mass is 19.4. The van der Waals surface area contributed by atoms with Crippen molar-refractivity contribution in [2.75, 3.05) is 0 Å². The number of carbonyl (C=O) groups excluding carboxylic acids is 2. The quantitative estimate of drug-likeness (QED) is 0.771.